The maximum atomic E-state index is 11.5. The first kappa shape index (κ1) is 15.3. The topological polar surface area (TPSA) is 47.6 Å². The van der Waals surface area contributed by atoms with Gasteiger partial charge in [-0.15, -0.1) is 0 Å². The minimum Gasteiger partial charge on any atom is -0.497 e. The van der Waals surface area contributed by atoms with Gasteiger partial charge in [0.2, 0.25) is 0 Å². The molecule has 0 spiro atoms. The van der Waals surface area contributed by atoms with Gasteiger partial charge in [0.25, 0.3) is 0 Å². The lowest BCUT2D eigenvalue weighted by atomic mass is 10.0. The van der Waals surface area contributed by atoms with Gasteiger partial charge < -0.3 is 9.47 Å². The molecule has 0 amide bonds. The summed E-state index contributed by atoms with van der Waals surface area (Å²) in [4.78, 5) is 14.1. The fourth-order valence-electron chi connectivity index (χ4n) is 1.51. The Hall–Kier alpha value is -0.780. The molecule has 0 aliphatic carbocycles. The summed E-state index contributed by atoms with van der Waals surface area (Å²) in [6, 6.07) is 5.16. The summed E-state index contributed by atoms with van der Waals surface area (Å²) in [6.45, 7) is 2.12. The Morgan fingerprint density at radius 2 is 2.28 bits per heavy atom. The molecule has 0 bridgehead atoms. The van der Waals surface area contributed by atoms with Crippen molar-refractivity contribution in [3.05, 3.63) is 28.2 Å². The summed E-state index contributed by atoms with van der Waals surface area (Å²) in [5, 5.41) is 0. The van der Waals surface area contributed by atoms with Crippen LogP contribution in [0.2, 0.25) is 0 Å². The number of nitrogens with one attached hydrogen (secondary N) is 1. The van der Waals surface area contributed by atoms with Crippen LogP contribution in [0.4, 0.5) is 0 Å². The molecule has 4 nitrogen and oxygen atoms in total. The number of ether oxygens (including phenoxy) is 2. The number of esters is 1. The van der Waals surface area contributed by atoms with Crippen LogP contribution >= 0.6 is 27.7 Å². The normalized spacial score (nSPS) is 12.0. The summed E-state index contributed by atoms with van der Waals surface area (Å²) in [5.74, 6) is 0.402. The number of methoxy groups -OCH3 is 1. The molecule has 6 heteroatoms. The summed E-state index contributed by atoms with van der Waals surface area (Å²) in [5.41, 5.74) is 0.845. The van der Waals surface area contributed by atoms with Gasteiger partial charge in [-0.05, 0) is 42.5 Å². The van der Waals surface area contributed by atoms with Gasteiger partial charge in [0, 0.05) is 4.47 Å². The van der Waals surface area contributed by atoms with Crippen LogP contribution in [0.1, 0.15) is 24.9 Å². The highest BCUT2D eigenvalue weighted by atomic mass is 79.9. The van der Waals surface area contributed by atoms with E-state index in [4.69, 9.17) is 21.3 Å². The monoisotopic (exact) mass is 335 g/mol. The molecule has 0 fully saturated rings. The van der Waals surface area contributed by atoms with Gasteiger partial charge in [0.15, 0.2) is 0 Å². The maximum absolute atomic E-state index is 11.5. The first-order valence-electron chi connectivity index (χ1n) is 5.47. The van der Waals surface area contributed by atoms with Crippen LogP contribution in [-0.4, -0.2) is 19.7 Å². The summed E-state index contributed by atoms with van der Waals surface area (Å²) >= 11 is 9.12. The van der Waals surface area contributed by atoms with Gasteiger partial charge in [0.1, 0.15) is 5.75 Å². The highest BCUT2D eigenvalue weighted by molar-refractivity contribution is 9.10. The average Bonchev–Trinajstić information content (AvgIpc) is 2.37. The second-order valence-corrected chi connectivity index (χ2v) is 4.63. The van der Waals surface area contributed by atoms with E-state index in [-0.39, 0.29) is 18.4 Å². The molecule has 1 aromatic carbocycles. The standard InChI is InChI=1S/C12H15BrClNO3/c1-3-18-12(16)7-11(15-14)9-6-8(17-2)4-5-10(9)13/h4-6,11,15H,3,7H2,1-2H3/t11-/m1/s1. The molecule has 100 valence electrons. The van der Waals surface area contributed by atoms with Gasteiger partial charge in [-0.2, -0.15) is 0 Å². The maximum Gasteiger partial charge on any atom is 0.307 e. The predicted molar refractivity (Wildman–Crippen MR) is 73.7 cm³/mol. The Morgan fingerprint density at radius 1 is 1.56 bits per heavy atom. The number of carbonyl (C=O) groups excluding carboxylic acids is 1. The summed E-state index contributed by atoms with van der Waals surface area (Å²) in [7, 11) is 1.58. The number of benzene rings is 1. The van der Waals surface area contributed by atoms with Crippen molar-refractivity contribution < 1.29 is 14.3 Å². The van der Waals surface area contributed by atoms with Crippen LogP contribution in [0.5, 0.6) is 5.75 Å². The molecule has 0 saturated heterocycles. The van der Waals surface area contributed by atoms with E-state index in [0.717, 1.165) is 10.0 Å². The smallest absolute Gasteiger partial charge is 0.307 e. The van der Waals surface area contributed by atoms with Crippen LogP contribution in [0.15, 0.2) is 22.7 Å². The fourth-order valence-corrected chi connectivity index (χ4v) is 2.23. The van der Waals surface area contributed by atoms with Crippen molar-refractivity contribution in [3.63, 3.8) is 0 Å². The lowest BCUT2D eigenvalue weighted by Crippen LogP contribution is -2.18. The van der Waals surface area contributed by atoms with Crippen molar-refractivity contribution in [3.8, 4) is 5.75 Å². The van der Waals surface area contributed by atoms with Crippen molar-refractivity contribution in [2.45, 2.75) is 19.4 Å². The summed E-state index contributed by atoms with van der Waals surface area (Å²) < 4.78 is 10.9. The lowest BCUT2D eigenvalue weighted by molar-refractivity contribution is -0.143. The first-order valence-corrected chi connectivity index (χ1v) is 6.64. The fraction of sp³-hybridized carbons (Fsp3) is 0.417. The van der Waals surface area contributed by atoms with E-state index in [1.165, 1.54) is 0 Å². The molecular formula is C12H15BrClNO3. The molecule has 1 N–H and O–H groups in total. The molecule has 0 unspecified atom stereocenters. The number of hydrogen-bond acceptors (Lipinski definition) is 4. The quantitative estimate of drug-likeness (QED) is 0.640. The Bertz CT molecular complexity index is 414. The molecule has 0 aliphatic heterocycles. The zero-order chi connectivity index (χ0) is 13.5. The van der Waals surface area contributed by atoms with E-state index in [2.05, 4.69) is 20.8 Å². The molecule has 0 radical (unpaired) electrons. The van der Waals surface area contributed by atoms with Crippen LogP contribution < -0.4 is 9.57 Å². The van der Waals surface area contributed by atoms with E-state index in [9.17, 15) is 4.79 Å². The van der Waals surface area contributed by atoms with Crippen molar-refractivity contribution in [1.29, 1.82) is 0 Å². The Balaban J connectivity index is 2.90. The van der Waals surface area contributed by atoms with E-state index in [1.54, 1.807) is 14.0 Å². The third kappa shape index (κ3) is 4.15. The van der Waals surface area contributed by atoms with E-state index in [0.29, 0.717) is 12.4 Å². The molecule has 0 aromatic heterocycles. The Morgan fingerprint density at radius 3 is 2.83 bits per heavy atom. The minimum absolute atomic E-state index is 0.156. The van der Waals surface area contributed by atoms with Crippen LogP contribution in [0, 0.1) is 0 Å². The van der Waals surface area contributed by atoms with E-state index in [1.807, 2.05) is 18.2 Å². The third-order valence-electron chi connectivity index (χ3n) is 2.39. The average molecular weight is 337 g/mol. The molecule has 0 saturated carbocycles. The zero-order valence-corrected chi connectivity index (χ0v) is 12.5. The largest absolute Gasteiger partial charge is 0.497 e. The van der Waals surface area contributed by atoms with Crippen LogP contribution in [0.3, 0.4) is 0 Å². The molecule has 1 rings (SSSR count). The van der Waals surface area contributed by atoms with Crippen molar-refractivity contribution in [2.75, 3.05) is 13.7 Å². The summed E-state index contributed by atoms with van der Waals surface area (Å²) in [6.07, 6.45) is 0.156. The van der Waals surface area contributed by atoms with Gasteiger partial charge in [0.05, 0.1) is 26.2 Å². The molecule has 0 heterocycles. The third-order valence-corrected chi connectivity index (χ3v) is 3.37. The highest BCUT2D eigenvalue weighted by Crippen LogP contribution is 2.30. The van der Waals surface area contributed by atoms with Gasteiger partial charge in [-0.3, -0.25) is 4.79 Å². The predicted octanol–water partition coefficient (Wildman–Crippen LogP) is 3.20. The van der Waals surface area contributed by atoms with Crippen LogP contribution in [-0.2, 0) is 9.53 Å². The zero-order valence-electron chi connectivity index (χ0n) is 10.2. The minimum atomic E-state index is -0.338. The second-order valence-electron chi connectivity index (χ2n) is 3.56. The van der Waals surface area contributed by atoms with Crippen molar-refractivity contribution in [1.82, 2.24) is 4.84 Å². The SMILES string of the molecule is CCOC(=O)C[C@@H](NCl)c1cc(OC)ccc1Br. The molecule has 1 atom stereocenters. The Kier molecular flexibility index (Phi) is 6.46. The number of carbonyl (C=O) groups is 1. The van der Waals surface area contributed by atoms with E-state index >= 15 is 0 Å². The van der Waals surface area contributed by atoms with Crippen molar-refractivity contribution in [2.24, 2.45) is 0 Å². The number of hydrogen-bond donors (Lipinski definition) is 1. The van der Waals surface area contributed by atoms with Crippen LogP contribution in [0.25, 0.3) is 0 Å². The second kappa shape index (κ2) is 7.61. The molecular weight excluding hydrogens is 321 g/mol. The molecule has 18 heavy (non-hydrogen) atoms. The number of halogens is 2. The lowest BCUT2D eigenvalue weighted by Gasteiger charge is -2.16. The van der Waals surface area contributed by atoms with Gasteiger partial charge >= 0.3 is 5.97 Å². The number of rotatable bonds is 6. The van der Waals surface area contributed by atoms with Gasteiger partial charge in [-0.25, -0.2) is 4.84 Å². The Labute approximate surface area is 120 Å². The first-order chi connectivity index (χ1) is 8.62. The van der Waals surface area contributed by atoms with Gasteiger partial charge in [-0.1, -0.05) is 15.9 Å². The van der Waals surface area contributed by atoms with Crippen molar-refractivity contribution >= 4 is 33.7 Å². The highest BCUT2D eigenvalue weighted by Gasteiger charge is 2.19. The van der Waals surface area contributed by atoms with E-state index < -0.39 is 0 Å². The molecule has 1 aromatic rings. The molecule has 0 aliphatic rings.